The van der Waals surface area contributed by atoms with E-state index in [0.717, 1.165) is 54.6 Å². The van der Waals surface area contributed by atoms with Crippen molar-refractivity contribution in [3.8, 4) is 23.8 Å². The summed E-state index contributed by atoms with van der Waals surface area (Å²) in [7, 11) is -1.24. The third kappa shape index (κ3) is 5.04. The average Bonchev–Trinajstić information content (AvgIpc) is 3.16. The van der Waals surface area contributed by atoms with Gasteiger partial charge in [0.05, 0.1) is 30.7 Å². The molecule has 2 aliphatic rings. The molecule has 0 radical (unpaired) electrons. The molecule has 35 heavy (non-hydrogen) atoms. The minimum absolute atomic E-state index is 0.00953. The summed E-state index contributed by atoms with van der Waals surface area (Å²) in [6, 6.07) is 11.3. The standard InChI is InChI=1S/C26H28N4O4S/c1-3-19-6-4-7-20(12-19)29-25-21-13-24(23(33-2)14-22(21)27-18-28-25)34-10-5-9-30-15-26(16-30)8-11-35(31,32)17-26/h1,4,6-7,12-14,18H,5,8-11,15-17H2,2H3,(H,27,28,29). The van der Waals surface area contributed by atoms with E-state index in [-0.39, 0.29) is 5.41 Å². The Morgan fingerprint density at radius 2 is 2.06 bits per heavy atom. The fraction of sp³-hybridized carbons (Fsp3) is 0.385. The molecule has 3 heterocycles. The Balaban J connectivity index is 1.24. The summed E-state index contributed by atoms with van der Waals surface area (Å²) in [5.74, 6) is 5.19. The highest BCUT2D eigenvalue weighted by molar-refractivity contribution is 7.91. The summed E-state index contributed by atoms with van der Waals surface area (Å²) in [6.45, 7) is 3.11. The number of likely N-dealkylation sites (tertiary alicyclic amines) is 1. The van der Waals surface area contributed by atoms with Crippen LogP contribution < -0.4 is 14.8 Å². The molecule has 3 aromatic rings. The molecule has 8 nitrogen and oxygen atoms in total. The molecular formula is C26H28N4O4S. The van der Waals surface area contributed by atoms with Crippen LogP contribution in [-0.2, 0) is 9.84 Å². The summed E-state index contributed by atoms with van der Waals surface area (Å²) in [5, 5.41) is 4.13. The Morgan fingerprint density at radius 1 is 1.20 bits per heavy atom. The highest BCUT2D eigenvalue weighted by Gasteiger charge is 2.49. The molecule has 1 spiro atoms. The lowest BCUT2D eigenvalue weighted by Gasteiger charge is -2.47. The van der Waals surface area contributed by atoms with Crippen LogP contribution in [0.5, 0.6) is 11.5 Å². The Morgan fingerprint density at radius 3 is 2.80 bits per heavy atom. The van der Waals surface area contributed by atoms with E-state index >= 15 is 0 Å². The third-order valence-corrected chi connectivity index (χ3v) is 8.55. The van der Waals surface area contributed by atoms with Gasteiger partial charge >= 0.3 is 0 Å². The molecule has 0 saturated carbocycles. The molecule has 2 saturated heterocycles. The van der Waals surface area contributed by atoms with Crippen molar-refractivity contribution in [3.05, 3.63) is 48.3 Å². The number of ether oxygens (including phenoxy) is 2. The van der Waals surface area contributed by atoms with Crippen molar-refractivity contribution < 1.29 is 17.9 Å². The highest BCUT2D eigenvalue weighted by atomic mass is 32.2. The number of benzene rings is 2. The molecule has 0 atom stereocenters. The number of anilines is 2. The van der Waals surface area contributed by atoms with Crippen molar-refractivity contribution in [1.82, 2.24) is 14.9 Å². The van der Waals surface area contributed by atoms with E-state index < -0.39 is 9.84 Å². The first-order chi connectivity index (χ1) is 16.9. The van der Waals surface area contributed by atoms with Gasteiger partial charge < -0.3 is 19.7 Å². The molecule has 182 valence electrons. The molecule has 0 amide bonds. The Labute approximate surface area is 205 Å². The first kappa shape index (κ1) is 23.4. The van der Waals surface area contributed by atoms with E-state index in [1.165, 1.54) is 6.33 Å². The molecule has 5 rings (SSSR count). The number of methoxy groups -OCH3 is 1. The number of terminal acetylenes is 1. The van der Waals surface area contributed by atoms with Gasteiger partial charge in [-0.2, -0.15) is 0 Å². The molecule has 9 heteroatoms. The zero-order valence-electron chi connectivity index (χ0n) is 19.7. The lowest BCUT2D eigenvalue weighted by Crippen LogP contribution is -2.57. The predicted octanol–water partition coefficient (Wildman–Crippen LogP) is 3.25. The number of nitrogens with one attached hydrogen (secondary N) is 1. The minimum atomic E-state index is -2.84. The minimum Gasteiger partial charge on any atom is -0.493 e. The van der Waals surface area contributed by atoms with Crippen molar-refractivity contribution in [2.45, 2.75) is 12.8 Å². The fourth-order valence-electron chi connectivity index (χ4n) is 5.02. The maximum absolute atomic E-state index is 11.8. The highest BCUT2D eigenvalue weighted by Crippen LogP contribution is 2.41. The molecule has 2 aromatic carbocycles. The summed E-state index contributed by atoms with van der Waals surface area (Å²) in [4.78, 5) is 11.1. The average molecular weight is 493 g/mol. The van der Waals surface area contributed by atoms with Gasteiger partial charge in [-0.1, -0.05) is 12.0 Å². The van der Waals surface area contributed by atoms with Crippen molar-refractivity contribution in [1.29, 1.82) is 0 Å². The molecule has 1 N–H and O–H groups in total. The summed E-state index contributed by atoms with van der Waals surface area (Å²) >= 11 is 0. The van der Waals surface area contributed by atoms with E-state index in [2.05, 4.69) is 26.1 Å². The van der Waals surface area contributed by atoms with Gasteiger partial charge in [-0.05, 0) is 37.1 Å². The number of rotatable bonds is 8. The quantitative estimate of drug-likeness (QED) is 0.378. The molecule has 2 aliphatic heterocycles. The zero-order valence-corrected chi connectivity index (χ0v) is 20.5. The van der Waals surface area contributed by atoms with Gasteiger partial charge in [0.25, 0.3) is 0 Å². The number of hydrogen-bond acceptors (Lipinski definition) is 8. The molecule has 0 unspecified atom stereocenters. The van der Waals surface area contributed by atoms with Gasteiger partial charge in [0.1, 0.15) is 12.1 Å². The number of aromatic nitrogens is 2. The maximum Gasteiger partial charge on any atom is 0.162 e. The first-order valence-electron chi connectivity index (χ1n) is 11.6. The molecular weight excluding hydrogens is 464 g/mol. The summed E-state index contributed by atoms with van der Waals surface area (Å²) in [6.07, 6.45) is 8.65. The Bertz CT molecular complexity index is 1390. The van der Waals surface area contributed by atoms with Crippen LogP contribution in [0, 0.1) is 17.8 Å². The monoisotopic (exact) mass is 492 g/mol. The largest absolute Gasteiger partial charge is 0.493 e. The Hall–Kier alpha value is -3.35. The molecule has 2 fully saturated rings. The van der Waals surface area contributed by atoms with Crippen LogP contribution >= 0.6 is 0 Å². The van der Waals surface area contributed by atoms with Crippen molar-refractivity contribution in [2.24, 2.45) is 5.41 Å². The Kier molecular flexibility index (Phi) is 6.26. The van der Waals surface area contributed by atoms with Gasteiger partial charge in [-0.15, -0.1) is 6.42 Å². The number of fused-ring (bicyclic) bond motifs is 1. The number of hydrogen-bond donors (Lipinski definition) is 1. The van der Waals surface area contributed by atoms with Crippen molar-refractivity contribution in [2.75, 3.05) is 50.2 Å². The normalized spacial score (nSPS) is 18.2. The van der Waals surface area contributed by atoms with Crippen LogP contribution in [0.2, 0.25) is 0 Å². The van der Waals surface area contributed by atoms with Gasteiger partial charge in [0, 0.05) is 47.8 Å². The second kappa shape index (κ2) is 9.36. The van der Waals surface area contributed by atoms with Crippen LogP contribution in [0.15, 0.2) is 42.7 Å². The lowest BCUT2D eigenvalue weighted by atomic mass is 9.79. The van der Waals surface area contributed by atoms with Crippen LogP contribution in [0.1, 0.15) is 18.4 Å². The van der Waals surface area contributed by atoms with Gasteiger partial charge in [-0.25, -0.2) is 18.4 Å². The topological polar surface area (TPSA) is 93.7 Å². The van der Waals surface area contributed by atoms with Crippen molar-refractivity contribution in [3.63, 3.8) is 0 Å². The SMILES string of the molecule is C#Cc1cccc(Nc2ncnc3cc(OC)c(OCCCN4CC5(CCS(=O)(=O)C5)C4)cc23)c1. The van der Waals surface area contributed by atoms with Crippen LogP contribution in [0.25, 0.3) is 10.9 Å². The van der Waals surface area contributed by atoms with Crippen LogP contribution in [-0.4, -0.2) is 68.1 Å². The zero-order chi connectivity index (χ0) is 24.5. The second-order valence-corrected chi connectivity index (χ2v) is 11.5. The molecule has 0 aliphatic carbocycles. The third-order valence-electron chi connectivity index (χ3n) is 6.68. The van der Waals surface area contributed by atoms with E-state index in [4.69, 9.17) is 15.9 Å². The number of nitrogens with zero attached hydrogens (tertiary/aromatic N) is 3. The lowest BCUT2D eigenvalue weighted by molar-refractivity contribution is 0.0185. The van der Waals surface area contributed by atoms with Gasteiger partial charge in [0.15, 0.2) is 21.3 Å². The van der Waals surface area contributed by atoms with Gasteiger partial charge in [-0.3, -0.25) is 0 Å². The summed E-state index contributed by atoms with van der Waals surface area (Å²) in [5.41, 5.74) is 2.34. The smallest absolute Gasteiger partial charge is 0.162 e. The van der Waals surface area contributed by atoms with Gasteiger partial charge in [0.2, 0.25) is 0 Å². The molecule has 1 aromatic heterocycles. The predicted molar refractivity (Wildman–Crippen MR) is 136 cm³/mol. The second-order valence-electron chi connectivity index (χ2n) is 9.35. The first-order valence-corrected chi connectivity index (χ1v) is 13.4. The molecule has 0 bridgehead atoms. The van der Waals surface area contributed by atoms with E-state index in [1.807, 2.05) is 36.4 Å². The van der Waals surface area contributed by atoms with Crippen LogP contribution in [0.4, 0.5) is 11.5 Å². The van der Waals surface area contributed by atoms with E-state index in [9.17, 15) is 8.42 Å². The number of sulfone groups is 1. The van der Waals surface area contributed by atoms with Crippen LogP contribution in [0.3, 0.4) is 0 Å². The van der Waals surface area contributed by atoms with Crippen molar-refractivity contribution >= 4 is 32.2 Å². The van der Waals surface area contributed by atoms with E-state index in [0.29, 0.717) is 35.4 Å². The van der Waals surface area contributed by atoms with E-state index in [1.54, 1.807) is 7.11 Å². The maximum atomic E-state index is 11.8. The summed E-state index contributed by atoms with van der Waals surface area (Å²) < 4.78 is 35.2. The fourth-order valence-corrected chi connectivity index (χ4v) is 7.17.